The van der Waals surface area contributed by atoms with Crippen molar-refractivity contribution in [1.82, 2.24) is 20.2 Å². The molecule has 15 heavy (non-hydrogen) atoms. The Labute approximate surface area is 95.0 Å². The Balaban J connectivity index is 1.99. The van der Waals surface area contributed by atoms with E-state index in [9.17, 15) is 0 Å². The summed E-state index contributed by atoms with van der Waals surface area (Å²) >= 11 is 3.31. The van der Waals surface area contributed by atoms with Crippen molar-refractivity contribution in [3.63, 3.8) is 0 Å². The maximum absolute atomic E-state index is 5.45. The van der Waals surface area contributed by atoms with E-state index < -0.39 is 0 Å². The van der Waals surface area contributed by atoms with Crippen LogP contribution < -0.4 is 4.74 Å². The molecule has 0 amide bonds. The van der Waals surface area contributed by atoms with Crippen LogP contribution in [0.25, 0.3) is 0 Å². The zero-order valence-corrected chi connectivity index (χ0v) is 9.65. The van der Waals surface area contributed by atoms with E-state index in [1.807, 2.05) is 13.0 Å². The van der Waals surface area contributed by atoms with Gasteiger partial charge in [0.15, 0.2) is 5.82 Å². The molecule has 0 fully saturated rings. The molecule has 0 aliphatic rings. The Bertz CT molecular complexity index is 457. The number of hydrogen-bond donors (Lipinski definition) is 1. The Hall–Kier alpha value is -1.43. The number of hydrogen-bond acceptors (Lipinski definition) is 4. The maximum Gasteiger partial charge on any atom is 0.188 e. The van der Waals surface area contributed by atoms with Crippen molar-refractivity contribution in [2.75, 3.05) is 0 Å². The van der Waals surface area contributed by atoms with Crippen LogP contribution in [0.1, 0.15) is 11.6 Å². The summed E-state index contributed by atoms with van der Waals surface area (Å²) in [4.78, 5) is 8.11. The van der Waals surface area contributed by atoms with Gasteiger partial charge in [-0.25, -0.2) is 4.98 Å². The monoisotopic (exact) mass is 268 g/mol. The van der Waals surface area contributed by atoms with Crippen LogP contribution in [0.15, 0.2) is 22.9 Å². The topological polar surface area (TPSA) is 63.7 Å². The molecule has 5 nitrogen and oxygen atoms in total. The molecule has 78 valence electrons. The van der Waals surface area contributed by atoms with E-state index in [0.29, 0.717) is 18.2 Å². The third-order valence-electron chi connectivity index (χ3n) is 1.69. The third kappa shape index (κ3) is 2.76. The van der Waals surface area contributed by atoms with E-state index in [0.717, 1.165) is 10.3 Å². The average Bonchev–Trinajstić information content (AvgIpc) is 2.62. The van der Waals surface area contributed by atoms with Crippen molar-refractivity contribution in [2.45, 2.75) is 13.5 Å². The zero-order chi connectivity index (χ0) is 10.7. The second-order valence-corrected chi connectivity index (χ2v) is 3.88. The van der Waals surface area contributed by atoms with Gasteiger partial charge < -0.3 is 4.74 Å². The smallest absolute Gasteiger partial charge is 0.188 e. The summed E-state index contributed by atoms with van der Waals surface area (Å²) in [6.45, 7) is 2.18. The Morgan fingerprint density at radius 3 is 3.00 bits per heavy atom. The molecular formula is C9H9BrN4O. The molecule has 6 heteroatoms. The normalized spacial score (nSPS) is 10.3. The Morgan fingerprint density at radius 2 is 2.33 bits per heavy atom. The standard InChI is InChI=1S/C9H9BrN4O/c1-6-12-9(14-13-6)5-15-8-2-7(10)3-11-4-8/h2-4H,5H2,1H3,(H,12,13,14). The first kappa shape index (κ1) is 10.1. The van der Waals surface area contributed by atoms with Gasteiger partial charge in [-0.3, -0.25) is 10.1 Å². The number of rotatable bonds is 3. The van der Waals surface area contributed by atoms with E-state index in [1.165, 1.54) is 0 Å². The van der Waals surface area contributed by atoms with Crippen molar-refractivity contribution in [2.24, 2.45) is 0 Å². The fourth-order valence-electron chi connectivity index (χ4n) is 1.07. The summed E-state index contributed by atoms with van der Waals surface area (Å²) in [6, 6.07) is 1.84. The molecule has 2 aromatic rings. The van der Waals surface area contributed by atoms with Crippen molar-refractivity contribution in [3.8, 4) is 5.75 Å². The van der Waals surface area contributed by atoms with Crippen LogP contribution in [-0.4, -0.2) is 20.2 Å². The van der Waals surface area contributed by atoms with Crippen LogP contribution in [0, 0.1) is 6.92 Å². The van der Waals surface area contributed by atoms with Gasteiger partial charge in [0.25, 0.3) is 0 Å². The minimum absolute atomic E-state index is 0.336. The fourth-order valence-corrected chi connectivity index (χ4v) is 1.42. The summed E-state index contributed by atoms with van der Waals surface area (Å²) in [7, 11) is 0. The SMILES string of the molecule is Cc1nc(COc2cncc(Br)c2)n[nH]1. The number of ether oxygens (including phenoxy) is 1. The molecule has 2 heterocycles. The van der Waals surface area contributed by atoms with Crippen LogP contribution >= 0.6 is 15.9 Å². The van der Waals surface area contributed by atoms with Crippen LogP contribution in [0.5, 0.6) is 5.75 Å². The van der Waals surface area contributed by atoms with Gasteiger partial charge in [-0.15, -0.1) is 0 Å². The van der Waals surface area contributed by atoms with Gasteiger partial charge >= 0.3 is 0 Å². The van der Waals surface area contributed by atoms with E-state index in [-0.39, 0.29) is 0 Å². The van der Waals surface area contributed by atoms with E-state index in [2.05, 4.69) is 36.1 Å². The minimum atomic E-state index is 0.336. The lowest BCUT2D eigenvalue weighted by Gasteiger charge is -2.02. The number of aromatic amines is 1. The molecule has 0 saturated heterocycles. The Morgan fingerprint density at radius 1 is 1.47 bits per heavy atom. The lowest BCUT2D eigenvalue weighted by molar-refractivity contribution is 0.295. The minimum Gasteiger partial charge on any atom is -0.484 e. The third-order valence-corrected chi connectivity index (χ3v) is 2.12. The highest BCUT2D eigenvalue weighted by atomic mass is 79.9. The maximum atomic E-state index is 5.45. The molecule has 2 aromatic heterocycles. The van der Waals surface area contributed by atoms with Gasteiger partial charge in [-0.2, -0.15) is 5.10 Å². The molecule has 0 radical (unpaired) electrons. The first-order valence-electron chi connectivity index (χ1n) is 4.35. The van der Waals surface area contributed by atoms with Gasteiger partial charge in [0, 0.05) is 10.7 Å². The van der Waals surface area contributed by atoms with E-state index in [1.54, 1.807) is 12.4 Å². The first-order chi connectivity index (χ1) is 7.24. The summed E-state index contributed by atoms with van der Waals surface area (Å²) in [5, 5.41) is 6.71. The molecule has 0 aliphatic carbocycles. The van der Waals surface area contributed by atoms with Crippen molar-refractivity contribution < 1.29 is 4.74 Å². The van der Waals surface area contributed by atoms with E-state index >= 15 is 0 Å². The fraction of sp³-hybridized carbons (Fsp3) is 0.222. The predicted molar refractivity (Wildman–Crippen MR) is 57.4 cm³/mol. The molecule has 0 atom stereocenters. The number of nitrogens with zero attached hydrogens (tertiary/aromatic N) is 3. The largest absolute Gasteiger partial charge is 0.484 e. The number of aryl methyl sites for hydroxylation is 1. The predicted octanol–water partition coefficient (Wildman–Crippen LogP) is 1.85. The number of pyridine rings is 1. The lowest BCUT2D eigenvalue weighted by Crippen LogP contribution is -1.98. The molecule has 0 unspecified atom stereocenters. The molecular weight excluding hydrogens is 260 g/mol. The molecule has 0 spiro atoms. The van der Waals surface area contributed by atoms with Gasteiger partial charge in [0.1, 0.15) is 18.2 Å². The first-order valence-corrected chi connectivity index (χ1v) is 5.14. The summed E-state index contributed by atoms with van der Waals surface area (Å²) < 4.78 is 6.33. The van der Waals surface area contributed by atoms with Crippen molar-refractivity contribution in [3.05, 3.63) is 34.6 Å². The lowest BCUT2D eigenvalue weighted by atomic mass is 10.5. The molecule has 1 N–H and O–H groups in total. The van der Waals surface area contributed by atoms with Crippen LogP contribution in [0.3, 0.4) is 0 Å². The van der Waals surface area contributed by atoms with Gasteiger partial charge in [-0.05, 0) is 28.9 Å². The molecule has 0 bridgehead atoms. The molecule has 2 rings (SSSR count). The number of halogens is 1. The van der Waals surface area contributed by atoms with Crippen LogP contribution in [0.2, 0.25) is 0 Å². The van der Waals surface area contributed by atoms with Gasteiger partial charge in [-0.1, -0.05) is 0 Å². The Kier molecular flexibility index (Phi) is 2.96. The molecule has 0 aromatic carbocycles. The van der Waals surface area contributed by atoms with Gasteiger partial charge in [0.05, 0.1) is 6.20 Å². The number of H-pyrrole nitrogens is 1. The molecule has 0 saturated carbocycles. The van der Waals surface area contributed by atoms with Crippen LogP contribution in [-0.2, 0) is 6.61 Å². The average molecular weight is 269 g/mol. The second kappa shape index (κ2) is 4.39. The highest BCUT2D eigenvalue weighted by molar-refractivity contribution is 9.10. The van der Waals surface area contributed by atoms with Crippen molar-refractivity contribution in [1.29, 1.82) is 0 Å². The highest BCUT2D eigenvalue weighted by Gasteiger charge is 2.01. The quantitative estimate of drug-likeness (QED) is 0.923. The number of aromatic nitrogens is 4. The van der Waals surface area contributed by atoms with Crippen molar-refractivity contribution >= 4 is 15.9 Å². The van der Waals surface area contributed by atoms with E-state index in [4.69, 9.17) is 4.74 Å². The summed E-state index contributed by atoms with van der Waals surface area (Å²) in [6.07, 6.45) is 3.34. The van der Waals surface area contributed by atoms with Gasteiger partial charge in [0.2, 0.25) is 0 Å². The molecule has 0 aliphatic heterocycles. The summed E-state index contributed by atoms with van der Waals surface area (Å²) in [5.74, 6) is 2.10. The second-order valence-electron chi connectivity index (χ2n) is 2.96. The highest BCUT2D eigenvalue weighted by Crippen LogP contribution is 2.16. The van der Waals surface area contributed by atoms with Crippen LogP contribution in [0.4, 0.5) is 0 Å². The number of nitrogens with one attached hydrogen (secondary N) is 1. The zero-order valence-electron chi connectivity index (χ0n) is 8.07. The summed E-state index contributed by atoms with van der Waals surface area (Å²) in [5.41, 5.74) is 0.